The number of aromatic nitrogens is 2. The first-order valence-electron chi connectivity index (χ1n) is 15.9. The summed E-state index contributed by atoms with van der Waals surface area (Å²) in [6, 6.07) is 15.9. The highest BCUT2D eigenvalue weighted by atomic mass is 15.2. The molecule has 226 valence electrons. The van der Waals surface area contributed by atoms with Crippen molar-refractivity contribution in [1.29, 1.82) is 5.41 Å². The molecule has 0 atom stereocenters. The Morgan fingerprint density at radius 1 is 1.05 bits per heavy atom. The Labute approximate surface area is 257 Å². The molecule has 5 N–H and O–H groups in total. The van der Waals surface area contributed by atoms with Gasteiger partial charge in [0.05, 0.1) is 18.3 Å². The molecule has 5 rings (SSSR count). The van der Waals surface area contributed by atoms with Crippen molar-refractivity contribution in [3.63, 3.8) is 0 Å². The van der Waals surface area contributed by atoms with Gasteiger partial charge in [-0.2, -0.15) is 0 Å². The second kappa shape index (κ2) is 13.7. The molecule has 1 heterocycles. The van der Waals surface area contributed by atoms with Crippen LogP contribution in [-0.4, -0.2) is 52.8 Å². The Bertz CT molecular complexity index is 1510. The molecule has 0 unspecified atom stereocenters. The van der Waals surface area contributed by atoms with E-state index in [1.54, 1.807) is 0 Å². The van der Waals surface area contributed by atoms with Gasteiger partial charge in [-0.05, 0) is 106 Å². The number of rotatable bonds is 12. The van der Waals surface area contributed by atoms with E-state index in [1.165, 1.54) is 44.3 Å². The molecule has 0 amide bonds. The smallest absolute Gasteiger partial charge is 0.227 e. The number of anilines is 2. The maximum Gasteiger partial charge on any atom is 0.227 e. The molecule has 0 radical (unpaired) electrons. The third kappa shape index (κ3) is 6.73. The number of hydrogen-bond donors (Lipinski definition) is 4. The van der Waals surface area contributed by atoms with Crippen LogP contribution in [-0.2, 0) is 6.42 Å². The molecular weight excluding hydrogens is 530 g/mol. The zero-order valence-electron chi connectivity index (χ0n) is 26.6. The van der Waals surface area contributed by atoms with E-state index in [0.29, 0.717) is 30.2 Å². The number of hydrogen-bond acceptors (Lipinski definition) is 6. The number of nitrogens with one attached hydrogen (secondary N) is 3. The summed E-state index contributed by atoms with van der Waals surface area (Å²) in [7, 11) is 2.04. The van der Waals surface area contributed by atoms with Gasteiger partial charge in [0, 0.05) is 40.9 Å². The van der Waals surface area contributed by atoms with Crippen LogP contribution in [0, 0.1) is 19.3 Å². The number of nitrogens with two attached hydrogens (primary N) is 1. The van der Waals surface area contributed by atoms with Crippen LogP contribution in [0.15, 0.2) is 55.2 Å². The molecule has 0 bridgehead atoms. The van der Waals surface area contributed by atoms with Crippen LogP contribution in [0.5, 0.6) is 0 Å². The average Bonchev–Trinajstić information content (AvgIpc) is 2.98. The number of fused-ring (bicyclic) bond motifs is 1. The van der Waals surface area contributed by atoms with E-state index >= 15 is 0 Å². The van der Waals surface area contributed by atoms with E-state index < -0.39 is 0 Å². The molecule has 0 spiro atoms. The number of benzene rings is 2. The van der Waals surface area contributed by atoms with E-state index in [1.807, 2.05) is 13.2 Å². The van der Waals surface area contributed by atoms with E-state index in [2.05, 4.69) is 103 Å². The molecule has 7 nitrogen and oxygen atoms in total. The fraction of sp³-hybridized carbons (Fsp3) is 0.417. The molecular formula is C36H48N7+. The highest BCUT2D eigenvalue weighted by molar-refractivity contribution is 6.29. The van der Waals surface area contributed by atoms with Crippen LogP contribution in [0.25, 0.3) is 17.0 Å². The minimum atomic E-state index is 0.488. The summed E-state index contributed by atoms with van der Waals surface area (Å²) in [6.45, 7) is 15.5. The van der Waals surface area contributed by atoms with E-state index in [4.69, 9.17) is 10.4 Å². The van der Waals surface area contributed by atoms with Crippen LogP contribution in [0.2, 0.25) is 0 Å². The second-order valence-corrected chi connectivity index (χ2v) is 12.1. The standard InChI is InChI=1S/C36H47N7/c1-7-17-43(18-8-2)29-20-28(21-29)40-25(5)26-14-16-32(24(4)19-26)41-36-39-22-27-13-15-31(37)33(34(27)42-36)35(38-6)30-12-10-9-11-23(30)3/h9-12,14,16,19,22,28-29,37-38,40H,5,7-8,13,15,17-18,20-21H2,1-4,6H3,(H,39,41,42)/p+1/b35-33+,37-31?. The predicted octanol–water partition coefficient (Wildman–Crippen LogP) is 6.08. The van der Waals surface area contributed by atoms with Crippen LogP contribution < -0.4 is 16.0 Å². The fourth-order valence-electron chi connectivity index (χ4n) is 6.49. The lowest BCUT2D eigenvalue weighted by atomic mass is 9.84. The van der Waals surface area contributed by atoms with Gasteiger partial charge in [-0.25, -0.2) is 9.97 Å². The molecule has 0 saturated heterocycles. The molecule has 2 aliphatic rings. The van der Waals surface area contributed by atoms with Crippen molar-refractivity contribution in [1.82, 2.24) is 20.2 Å². The van der Waals surface area contributed by atoms with Gasteiger partial charge in [-0.15, -0.1) is 0 Å². The molecule has 3 aromatic rings. The maximum atomic E-state index is 8.88. The first-order chi connectivity index (χ1) is 20.8. The third-order valence-electron chi connectivity index (χ3n) is 8.89. The van der Waals surface area contributed by atoms with E-state index in [9.17, 15) is 0 Å². The normalized spacial score (nSPS) is 19.1. The summed E-state index contributed by atoms with van der Waals surface area (Å²) >= 11 is 0. The Morgan fingerprint density at radius 3 is 2.47 bits per heavy atom. The first kappa shape index (κ1) is 30.6. The molecule has 2 aliphatic carbocycles. The van der Waals surface area contributed by atoms with Crippen molar-refractivity contribution in [2.24, 2.45) is 0 Å². The summed E-state index contributed by atoms with van der Waals surface area (Å²) in [4.78, 5) is 12.3. The summed E-state index contributed by atoms with van der Waals surface area (Å²) in [6.07, 6.45) is 8.19. The van der Waals surface area contributed by atoms with E-state index in [-0.39, 0.29) is 0 Å². The van der Waals surface area contributed by atoms with Gasteiger partial charge in [0.2, 0.25) is 5.95 Å². The van der Waals surface area contributed by atoms with E-state index in [0.717, 1.165) is 57.0 Å². The second-order valence-electron chi connectivity index (χ2n) is 12.1. The summed E-state index contributed by atoms with van der Waals surface area (Å²) < 4.78 is 0. The quantitative estimate of drug-likeness (QED) is 0.209. The summed E-state index contributed by atoms with van der Waals surface area (Å²) in [5, 5.41) is 18.1. The molecule has 1 saturated carbocycles. The predicted molar refractivity (Wildman–Crippen MR) is 180 cm³/mol. The van der Waals surface area contributed by atoms with Crippen molar-refractivity contribution in [2.45, 2.75) is 78.3 Å². The third-order valence-corrected chi connectivity index (χ3v) is 8.89. The zero-order chi connectivity index (χ0) is 30.5. The van der Waals surface area contributed by atoms with Crippen LogP contribution in [0.4, 0.5) is 11.6 Å². The Balaban J connectivity index is 1.31. The summed E-state index contributed by atoms with van der Waals surface area (Å²) in [5.74, 6) is 0.545. The van der Waals surface area contributed by atoms with Gasteiger partial charge in [0.15, 0.2) is 0 Å². The monoisotopic (exact) mass is 578 g/mol. The van der Waals surface area contributed by atoms with Gasteiger partial charge >= 0.3 is 0 Å². The highest BCUT2D eigenvalue weighted by Gasteiger charge is 2.33. The largest absolute Gasteiger partial charge is 0.382 e. The lowest BCUT2D eigenvalue weighted by Crippen LogP contribution is -2.76. The molecule has 1 fully saturated rings. The molecule has 1 aromatic heterocycles. The molecule has 43 heavy (non-hydrogen) atoms. The lowest BCUT2D eigenvalue weighted by molar-refractivity contribution is -0.529. The Kier molecular flexibility index (Phi) is 9.73. The van der Waals surface area contributed by atoms with Crippen LogP contribution >= 0.6 is 0 Å². The number of nitrogens with zero attached hydrogens (tertiary/aromatic N) is 3. The highest BCUT2D eigenvalue weighted by Crippen LogP contribution is 2.33. The van der Waals surface area contributed by atoms with Crippen molar-refractivity contribution < 1.29 is 5.32 Å². The summed E-state index contributed by atoms with van der Waals surface area (Å²) in [5.41, 5.74) is 11.0. The number of allylic oxidation sites excluding steroid dienone is 1. The van der Waals surface area contributed by atoms with Gasteiger partial charge < -0.3 is 26.3 Å². The number of quaternary nitrogens is 1. The minimum Gasteiger partial charge on any atom is -0.382 e. The maximum absolute atomic E-state index is 8.88. The van der Waals surface area contributed by atoms with Crippen molar-refractivity contribution in [3.8, 4) is 0 Å². The van der Waals surface area contributed by atoms with Gasteiger partial charge in [-0.1, -0.05) is 44.7 Å². The van der Waals surface area contributed by atoms with Gasteiger partial charge in [-0.3, -0.25) is 0 Å². The van der Waals surface area contributed by atoms with Gasteiger partial charge in [0.25, 0.3) is 0 Å². The van der Waals surface area contributed by atoms with Crippen molar-refractivity contribution >= 4 is 34.3 Å². The van der Waals surface area contributed by atoms with Gasteiger partial charge in [0.1, 0.15) is 5.70 Å². The fourth-order valence-corrected chi connectivity index (χ4v) is 6.49. The van der Waals surface area contributed by atoms with Crippen molar-refractivity contribution in [3.05, 3.63) is 88.8 Å². The topological polar surface area (TPSA) is 93.5 Å². The lowest BCUT2D eigenvalue weighted by Gasteiger charge is -2.44. The number of aryl methyl sites for hydroxylation is 3. The molecule has 2 aromatic carbocycles. The van der Waals surface area contributed by atoms with Crippen LogP contribution in [0.3, 0.4) is 0 Å². The zero-order valence-corrected chi connectivity index (χ0v) is 26.6. The Morgan fingerprint density at radius 2 is 1.79 bits per heavy atom. The van der Waals surface area contributed by atoms with Crippen molar-refractivity contribution in [2.75, 3.05) is 25.5 Å². The Hall–Kier alpha value is -3.81. The molecule has 7 heteroatoms. The molecule has 0 aliphatic heterocycles. The van der Waals surface area contributed by atoms with Crippen LogP contribution in [0.1, 0.15) is 79.5 Å². The first-order valence-corrected chi connectivity index (χ1v) is 15.9. The minimum absolute atomic E-state index is 0.488. The average molecular weight is 579 g/mol. The SMILES string of the molecule is C=C(NC1CC(N(CCC)CCC)C1)c1ccc(Nc2ncc3c(n2)/C(=C(/[NH2+]C)c2ccccc2C)C(=N)CC3)c(C)c1.